The van der Waals surface area contributed by atoms with E-state index in [1.807, 2.05) is 6.92 Å². The highest BCUT2D eigenvalue weighted by Crippen LogP contribution is 2.12. The van der Waals surface area contributed by atoms with E-state index < -0.39 is 10.1 Å². The van der Waals surface area contributed by atoms with Gasteiger partial charge in [0.1, 0.15) is 4.90 Å². The SMILES string of the molecule is [C-]#[N+]OS(=O)(=O)c1ccc(C)cc1. The minimum Gasteiger partial charge on any atom is -0.175 e. The minimum atomic E-state index is -3.88. The van der Waals surface area contributed by atoms with Crippen LogP contribution in [0.15, 0.2) is 29.2 Å². The number of rotatable bonds is 2. The monoisotopic (exact) mass is 197 g/mol. The lowest BCUT2D eigenvalue weighted by atomic mass is 10.2. The molecule has 0 aliphatic carbocycles. The van der Waals surface area contributed by atoms with Gasteiger partial charge in [-0.25, -0.2) is 0 Å². The van der Waals surface area contributed by atoms with Crippen molar-refractivity contribution in [2.75, 3.05) is 0 Å². The highest BCUT2D eigenvalue weighted by Gasteiger charge is 2.18. The van der Waals surface area contributed by atoms with Crippen molar-refractivity contribution in [3.05, 3.63) is 41.4 Å². The Morgan fingerprint density at radius 2 is 1.85 bits per heavy atom. The third kappa shape index (κ3) is 2.20. The predicted octanol–water partition coefficient (Wildman–Crippen LogP) is 1.53. The molecule has 0 unspecified atom stereocenters. The lowest BCUT2D eigenvalue weighted by Gasteiger charge is -1.95. The van der Waals surface area contributed by atoms with Crippen LogP contribution < -0.4 is 0 Å². The van der Waals surface area contributed by atoms with Crippen LogP contribution in [0.2, 0.25) is 0 Å². The summed E-state index contributed by atoms with van der Waals surface area (Å²) in [6, 6.07) is 6.08. The van der Waals surface area contributed by atoms with Crippen molar-refractivity contribution in [2.24, 2.45) is 0 Å². The summed E-state index contributed by atoms with van der Waals surface area (Å²) in [5, 5.41) is 2.37. The zero-order valence-corrected chi connectivity index (χ0v) is 7.71. The van der Waals surface area contributed by atoms with Gasteiger partial charge >= 0.3 is 10.1 Å². The molecule has 0 heterocycles. The molecule has 1 aromatic rings. The molecule has 0 saturated heterocycles. The van der Waals surface area contributed by atoms with Gasteiger partial charge in [-0.05, 0) is 24.1 Å². The van der Waals surface area contributed by atoms with Crippen molar-refractivity contribution in [1.82, 2.24) is 0 Å². The maximum absolute atomic E-state index is 11.1. The first kappa shape index (κ1) is 9.55. The van der Waals surface area contributed by atoms with E-state index >= 15 is 0 Å². The number of benzene rings is 1. The van der Waals surface area contributed by atoms with Gasteiger partial charge < -0.3 is 0 Å². The van der Waals surface area contributed by atoms with E-state index in [9.17, 15) is 8.42 Å². The molecule has 0 bridgehead atoms. The second-order valence-corrected chi connectivity index (χ2v) is 3.96. The highest BCUT2D eigenvalue weighted by molar-refractivity contribution is 7.86. The van der Waals surface area contributed by atoms with Crippen LogP contribution in [0.4, 0.5) is 0 Å². The lowest BCUT2D eigenvalue weighted by molar-refractivity contribution is 0.438. The Kier molecular flexibility index (Phi) is 2.54. The van der Waals surface area contributed by atoms with Crippen LogP contribution >= 0.6 is 0 Å². The van der Waals surface area contributed by atoms with Crippen molar-refractivity contribution in [2.45, 2.75) is 11.8 Å². The van der Waals surface area contributed by atoms with Crippen molar-refractivity contribution in [1.29, 1.82) is 0 Å². The lowest BCUT2D eigenvalue weighted by Crippen LogP contribution is -2.00. The average Bonchev–Trinajstić information content (AvgIpc) is 2.05. The van der Waals surface area contributed by atoms with Crippen LogP contribution in [-0.2, 0) is 14.4 Å². The van der Waals surface area contributed by atoms with Crippen LogP contribution in [0.25, 0.3) is 5.01 Å². The summed E-state index contributed by atoms with van der Waals surface area (Å²) in [6.07, 6.45) is 0. The summed E-state index contributed by atoms with van der Waals surface area (Å²) >= 11 is 0. The first-order valence-electron chi connectivity index (χ1n) is 3.43. The molecule has 4 nitrogen and oxygen atoms in total. The molecule has 0 radical (unpaired) electrons. The molecule has 0 atom stereocenters. The third-order valence-corrected chi connectivity index (χ3v) is 2.57. The first-order chi connectivity index (χ1) is 6.06. The zero-order valence-electron chi connectivity index (χ0n) is 6.89. The predicted molar refractivity (Wildman–Crippen MR) is 46.1 cm³/mol. The normalized spacial score (nSPS) is 10.5. The van der Waals surface area contributed by atoms with Gasteiger partial charge in [-0.2, -0.15) is 8.42 Å². The first-order valence-corrected chi connectivity index (χ1v) is 4.84. The summed E-state index contributed by atoms with van der Waals surface area (Å²) < 4.78 is 26.1. The van der Waals surface area contributed by atoms with E-state index in [0.29, 0.717) is 0 Å². The van der Waals surface area contributed by atoms with Gasteiger partial charge in [0.25, 0.3) is 0 Å². The van der Waals surface area contributed by atoms with E-state index in [1.165, 1.54) is 12.1 Å². The molecule has 13 heavy (non-hydrogen) atoms. The standard InChI is InChI=1S/C8H7NO3S/c1-7-3-5-8(6-4-7)13(10,11)12-9-2/h3-6H,1H3. The van der Waals surface area contributed by atoms with E-state index in [4.69, 9.17) is 6.57 Å². The number of hydrogen-bond donors (Lipinski definition) is 0. The number of nitrogens with zero attached hydrogens (tertiary/aromatic N) is 1. The van der Waals surface area contributed by atoms with Crippen LogP contribution in [0.1, 0.15) is 5.56 Å². The summed E-state index contributed by atoms with van der Waals surface area (Å²) in [5.74, 6) is 0. The van der Waals surface area contributed by atoms with Crippen LogP contribution in [0.5, 0.6) is 0 Å². The van der Waals surface area contributed by atoms with Gasteiger partial charge in [0, 0.05) is 0 Å². The summed E-state index contributed by atoms with van der Waals surface area (Å²) in [5.41, 5.74) is 0.946. The molecular weight excluding hydrogens is 190 g/mol. The number of hydrogen-bond acceptors (Lipinski definition) is 3. The van der Waals surface area contributed by atoms with Crippen molar-refractivity contribution in [3.8, 4) is 0 Å². The van der Waals surface area contributed by atoms with Crippen LogP contribution in [-0.4, -0.2) is 8.42 Å². The van der Waals surface area contributed by atoms with E-state index in [0.717, 1.165) is 5.56 Å². The second-order valence-electron chi connectivity index (χ2n) is 2.43. The molecule has 1 rings (SSSR count). The molecule has 1 aromatic carbocycles. The molecule has 0 fully saturated rings. The highest BCUT2D eigenvalue weighted by atomic mass is 32.2. The van der Waals surface area contributed by atoms with Crippen LogP contribution in [0.3, 0.4) is 0 Å². The van der Waals surface area contributed by atoms with E-state index in [-0.39, 0.29) is 4.90 Å². The summed E-state index contributed by atoms with van der Waals surface area (Å²) in [4.78, 5) is -0.00546. The Balaban J connectivity index is 3.11. The number of aryl methyl sites for hydroxylation is 1. The van der Waals surface area contributed by atoms with Crippen LogP contribution in [0, 0.1) is 13.5 Å². The molecular formula is C8H7NO3S. The zero-order chi connectivity index (χ0) is 9.90. The van der Waals surface area contributed by atoms with Crippen molar-refractivity contribution >= 4 is 10.1 Å². The molecule has 0 aliphatic heterocycles. The molecule has 0 N–H and O–H groups in total. The molecule has 0 spiro atoms. The Morgan fingerprint density at radius 3 is 2.31 bits per heavy atom. The fourth-order valence-corrected chi connectivity index (χ4v) is 1.45. The smallest absolute Gasteiger partial charge is 0.175 e. The van der Waals surface area contributed by atoms with Gasteiger partial charge in [0.05, 0.1) is 0 Å². The molecule has 0 saturated carbocycles. The minimum absolute atomic E-state index is 0.00546. The Morgan fingerprint density at radius 1 is 1.31 bits per heavy atom. The molecule has 5 heteroatoms. The van der Waals surface area contributed by atoms with Crippen molar-refractivity contribution in [3.63, 3.8) is 0 Å². The largest absolute Gasteiger partial charge is 0.409 e. The maximum Gasteiger partial charge on any atom is 0.409 e. The fraction of sp³-hybridized carbons (Fsp3) is 0.125. The van der Waals surface area contributed by atoms with Crippen molar-refractivity contribution < 1.29 is 12.7 Å². The van der Waals surface area contributed by atoms with Gasteiger partial charge in [-0.3, -0.25) is 0 Å². The summed E-state index contributed by atoms with van der Waals surface area (Å²) in [6.45, 7) is 8.11. The van der Waals surface area contributed by atoms with E-state index in [2.05, 4.69) is 9.29 Å². The van der Waals surface area contributed by atoms with Gasteiger partial charge in [-0.15, -0.1) is 6.57 Å². The summed E-state index contributed by atoms with van der Waals surface area (Å²) in [7, 11) is -3.88. The average molecular weight is 197 g/mol. The maximum atomic E-state index is 11.1. The molecule has 0 amide bonds. The Labute approximate surface area is 76.7 Å². The van der Waals surface area contributed by atoms with E-state index in [1.54, 1.807) is 12.1 Å². The molecule has 0 aliphatic rings. The fourth-order valence-electron chi connectivity index (χ4n) is 0.797. The van der Waals surface area contributed by atoms with Gasteiger partial charge in [-0.1, -0.05) is 22.0 Å². The molecule has 68 valence electrons. The Bertz CT molecular complexity index is 427. The third-order valence-electron chi connectivity index (χ3n) is 1.45. The molecule has 0 aromatic heterocycles. The topological polar surface area (TPSA) is 47.7 Å². The Hall–Kier alpha value is -1.54. The van der Waals surface area contributed by atoms with Gasteiger partial charge in [0.15, 0.2) is 0 Å². The quantitative estimate of drug-likeness (QED) is 0.533. The second kappa shape index (κ2) is 3.46. The van der Waals surface area contributed by atoms with Gasteiger partial charge in [0.2, 0.25) is 0 Å².